The molecule has 0 atom stereocenters. The number of hydrogen-bond donors (Lipinski definition) is 1. The molecular weight excluding hydrogens is 411 g/mol. The fraction of sp³-hybridized carbons (Fsp3) is 0.364. The molecule has 0 saturated carbocycles. The van der Waals surface area contributed by atoms with E-state index < -0.39 is 17.6 Å². The monoisotopic (exact) mass is 433 g/mol. The Bertz CT molecular complexity index is 1120. The summed E-state index contributed by atoms with van der Waals surface area (Å²) in [4.78, 5) is 14.7. The highest BCUT2D eigenvalue weighted by molar-refractivity contribution is 5.97. The molecule has 9 heteroatoms. The van der Waals surface area contributed by atoms with Crippen LogP contribution in [0.3, 0.4) is 0 Å². The summed E-state index contributed by atoms with van der Waals surface area (Å²) in [7, 11) is 0. The minimum absolute atomic E-state index is 0.113. The Labute approximate surface area is 176 Å². The van der Waals surface area contributed by atoms with E-state index in [1.807, 2.05) is 30.9 Å². The third-order valence-corrected chi connectivity index (χ3v) is 5.44. The maximum Gasteiger partial charge on any atom is 0.416 e. The van der Waals surface area contributed by atoms with Crippen LogP contribution in [-0.4, -0.2) is 37.4 Å². The van der Waals surface area contributed by atoms with Crippen LogP contribution in [0.25, 0.3) is 11.0 Å². The Morgan fingerprint density at radius 2 is 1.84 bits per heavy atom. The van der Waals surface area contributed by atoms with E-state index in [2.05, 4.69) is 10.5 Å². The zero-order valence-corrected chi connectivity index (χ0v) is 17.2. The molecule has 1 fully saturated rings. The first-order chi connectivity index (χ1) is 14.7. The molecule has 1 N–H and O–H groups in total. The lowest BCUT2D eigenvalue weighted by Gasteiger charge is -2.31. The predicted molar refractivity (Wildman–Crippen MR) is 110 cm³/mol. The van der Waals surface area contributed by atoms with Gasteiger partial charge in [0.2, 0.25) is 5.91 Å². The third-order valence-electron chi connectivity index (χ3n) is 5.44. The van der Waals surface area contributed by atoms with Gasteiger partial charge in [-0.2, -0.15) is 13.2 Å². The van der Waals surface area contributed by atoms with Crippen molar-refractivity contribution in [3.05, 3.63) is 52.7 Å². The zero-order valence-electron chi connectivity index (χ0n) is 17.2. The number of anilines is 2. The van der Waals surface area contributed by atoms with E-state index in [9.17, 15) is 18.0 Å². The number of carbonyl (C=O) groups excluding carboxylic acids is 1. The average molecular weight is 433 g/mol. The fourth-order valence-corrected chi connectivity index (χ4v) is 3.61. The number of fused-ring (bicyclic) bond motifs is 1. The Morgan fingerprint density at radius 1 is 1.13 bits per heavy atom. The molecule has 1 aliphatic rings. The molecule has 0 aliphatic carbocycles. The van der Waals surface area contributed by atoms with Gasteiger partial charge in [0.05, 0.1) is 36.6 Å². The number of hydrogen-bond acceptors (Lipinski definition) is 5. The van der Waals surface area contributed by atoms with E-state index >= 15 is 0 Å². The number of alkyl halides is 3. The first kappa shape index (κ1) is 21.2. The van der Waals surface area contributed by atoms with Gasteiger partial charge in [-0.15, -0.1) is 0 Å². The van der Waals surface area contributed by atoms with E-state index in [0.29, 0.717) is 43.3 Å². The van der Waals surface area contributed by atoms with Gasteiger partial charge in [-0.3, -0.25) is 4.79 Å². The van der Waals surface area contributed by atoms with Crippen LogP contribution in [0.2, 0.25) is 0 Å². The van der Waals surface area contributed by atoms with Crippen molar-refractivity contribution in [2.24, 2.45) is 0 Å². The maximum atomic E-state index is 13.3. The lowest BCUT2D eigenvalue weighted by molar-refractivity contribution is -0.137. The minimum Gasteiger partial charge on any atom is -0.378 e. The minimum atomic E-state index is -4.51. The van der Waals surface area contributed by atoms with Gasteiger partial charge in [0, 0.05) is 18.5 Å². The Morgan fingerprint density at radius 3 is 2.55 bits per heavy atom. The molecule has 6 nitrogen and oxygen atoms in total. The van der Waals surface area contributed by atoms with Crippen molar-refractivity contribution in [1.29, 1.82) is 0 Å². The molecule has 0 radical (unpaired) electrons. The molecule has 1 amide bonds. The molecule has 0 spiro atoms. The quantitative estimate of drug-likeness (QED) is 0.657. The number of aromatic nitrogens is 1. The van der Waals surface area contributed by atoms with Crippen LogP contribution in [0.1, 0.15) is 22.4 Å². The summed E-state index contributed by atoms with van der Waals surface area (Å²) >= 11 is 0. The lowest BCUT2D eigenvalue weighted by atomic mass is 10.1. The van der Waals surface area contributed by atoms with Crippen LogP contribution in [-0.2, 0) is 22.1 Å². The van der Waals surface area contributed by atoms with E-state index in [1.54, 1.807) is 0 Å². The van der Waals surface area contributed by atoms with Crippen LogP contribution < -0.4 is 10.2 Å². The molecule has 4 rings (SSSR count). The summed E-state index contributed by atoms with van der Waals surface area (Å²) in [6.45, 7) is 5.89. The predicted octanol–water partition coefficient (Wildman–Crippen LogP) is 4.48. The number of ether oxygens (including phenoxy) is 1. The van der Waals surface area contributed by atoms with Crippen LogP contribution in [0, 0.1) is 13.8 Å². The van der Waals surface area contributed by atoms with Crippen molar-refractivity contribution < 1.29 is 27.2 Å². The number of nitrogens with zero attached hydrogens (tertiary/aromatic N) is 2. The maximum absolute atomic E-state index is 13.3. The second kappa shape index (κ2) is 8.22. The summed E-state index contributed by atoms with van der Waals surface area (Å²) in [5.41, 5.74) is 2.90. The number of amides is 1. The third kappa shape index (κ3) is 4.51. The Balaban J connectivity index is 1.61. The molecule has 164 valence electrons. The molecule has 1 saturated heterocycles. The normalized spacial score (nSPS) is 14.8. The van der Waals surface area contributed by atoms with Gasteiger partial charge in [0.1, 0.15) is 5.69 Å². The molecule has 0 unspecified atom stereocenters. The van der Waals surface area contributed by atoms with E-state index in [1.165, 1.54) is 6.07 Å². The second-order valence-electron chi connectivity index (χ2n) is 7.62. The summed E-state index contributed by atoms with van der Waals surface area (Å²) in [5, 5.41) is 7.35. The largest absolute Gasteiger partial charge is 0.416 e. The first-order valence-electron chi connectivity index (χ1n) is 9.91. The van der Waals surface area contributed by atoms with Crippen molar-refractivity contribution >= 4 is 28.3 Å². The summed E-state index contributed by atoms with van der Waals surface area (Å²) < 4.78 is 50.4. The van der Waals surface area contributed by atoms with Crippen molar-refractivity contribution in [3.8, 4) is 0 Å². The van der Waals surface area contributed by atoms with E-state index in [0.717, 1.165) is 28.6 Å². The molecular formula is C22H22F3N3O3. The van der Waals surface area contributed by atoms with Gasteiger partial charge in [0.25, 0.3) is 0 Å². The molecule has 2 heterocycles. The van der Waals surface area contributed by atoms with Gasteiger partial charge in [-0.05, 0) is 55.3 Å². The molecule has 0 bridgehead atoms. The van der Waals surface area contributed by atoms with E-state index in [-0.39, 0.29) is 12.1 Å². The molecule has 1 aromatic heterocycles. The van der Waals surface area contributed by atoms with E-state index in [4.69, 9.17) is 9.26 Å². The first-order valence-corrected chi connectivity index (χ1v) is 9.91. The topological polar surface area (TPSA) is 67.6 Å². The number of carbonyl (C=O) groups is 1. The highest BCUT2D eigenvalue weighted by Gasteiger charge is 2.32. The smallest absolute Gasteiger partial charge is 0.378 e. The van der Waals surface area contributed by atoms with Crippen molar-refractivity contribution in [1.82, 2.24) is 5.16 Å². The summed E-state index contributed by atoms with van der Waals surface area (Å²) in [6, 6.07) is 7.13. The number of benzene rings is 2. The van der Waals surface area contributed by atoms with Gasteiger partial charge in [-0.25, -0.2) is 0 Å². The van der Waals surface area contributed by atoms with Crippen molar-refractivity contribution in [2.45, 2.75) is 26.4 Å². The second-order valence-corrected chi connectivity index (χ2v) is 7.62. The van der Waals surface area contributed by atoms with Gasteiger partial charge >= 0.3 is 6.18 Å². The standard InChI is InChI=1S/C22H22F3N3O3/c1-13-9-16-17(27-31-20(16)10-14(13)2)12-21(29)26-18-11-15(22(23,24)25)3-4-19(18)28-5-7-30-8-6-28/h3-4,9-11H,5-8,12H2,1-2H3,(H,26,29). The van der Waals surface area contributed by atoms with Crippen LogP contribution in [0.4, 0.5) is 24.5 Å². The number of aryl methyl sites for hydroxylation is 2. The molecule has 31 heavy (non-hydrogen) atoms. The van der Waals surface area contributed by atoms with Gasteiger partial charge < -0.3 is 19.5 Å². The Kier molecular flexibility index (Phi) is 5.62. The number of nitrogens with one attached hydrogen (secondary N) is 1. The molecule has 3 aromatic rings. The van der Waals surface area contributed by atoms with Crippen LogP contribution in [0.15, 0.2) is 34.9 Å². The fourth-order valence-electron chi connectivity index (χ4n) is 3.61. The average Bonchev–Trinajstić information content (AvgIpc) is 3.09. The highest BCUT2D eigenvalue weighted by atomic mass is 19.4. The number of morpholine rings is 1. The van der Waals surface area contributed by atoms with Gasteiger partial charge in [-0.1, -0.05) is 5.16 Å². The summed E-state index contributed by atoms with van der Waals surface area (Å²) in [6.07, 6.45) is -4.63. The van der Waals surface area contributed by atoms with Crippen molar-refractivity contribution in [3.63, 3.8) is 0 Å². The van der Waals surface area contributed by atoms with Crippen molar-refractivity contribution in [2.75, 3.05) is 36.5 Å². The van der Waals surface area contributed by atoms with Crippen LogP contribution in [0.5, 0.6) is 0 Å². The SMILES string of the molecule is Cc1cc2onc(CC(=O)Nc3cc(C(F)(F)F)ccc3N3CCOCC3)c2cc1C. The Hall–Kier alpha value is -3.07. The zero-order chi connectivity index (χ0) is 22.2. The molecule has 1 aliphatic heterocycles. The molecule has 2 aromatic carbocycles. The lowest BCUT2D eigenvalue weighted by Crippen LogP contribution is -2.37. The van der Waals surface area contributed by atoms with Crippen LogP contribution >= 0.6 is 0 Å². The summed E-state index contributed by atoms with van der Waals surface area (Å²) in [5.74, 6) is -0.470. The number of rotatable bonds is 4. The highest BCUT2D eigenvalue weighted by Crippen LogP contribution is 2.36. The van der Waals surface area contributed by atoms with Gasteiger partial charge in [0.15, 0.2) is 5.58 Å². The number of halogens is 3.